The van der Waals surface area contributed by atoms with Crippen molar-refractivity contribution in [3.8, 4) is 0 Å². The number of esters is 1. The maximum atomic E-state index is 13.5. The van der Waals surface area contributed by atoms with Crippen LogP contribution in [0.25, 0.3) is 0 Å². The number of halogens is 2. The van der Waals surface area contributed by atoms with Crippen molar-refractivity contribution in [2.75, 3.05) is 0 Å². The molecule has 1 fully saturated rings. The maximum absolute atomic E-state index is 13.5. The van der Waals surface area contributed by atoms with Crippen molar-refractivity contribution < 1.29 is 23.0 Å². The van der Waals surface area contributed by atoms with Gasteiger partial charge < -0.3 is 9.47 Å². The lowest BCUT2D eigenvalue weighted by molar-refractivity contribution is -0.0856. The van der Waals surface area contributed by atoms with Gasteiger partial charge >= 0.3 is 5.97 Å². The van der Waals surface area contributed by atoms with Gasteiger partial charge in [-0.25, -0.2) is 13.6 Å². The van der Waals surface area contributed by atoms with E-state index >= 15 is 0 Å². The average Bonchev–Trinajstić information content (AvgIpc) is 2.31. The lowest BCUT2D eigenvalue weighted by atomic mass is 10.0. The van der Waals surface area contributed by atoms with Crippen LogP contribution in [0, 0.1) is 11.6 Å². The molecule has 1 heterocycles. The first-order valence-corrected chi connectivity index (χ1v) is 6.28. The Kier molecular flexibility index (Phi) is 4.14. The number of carbonyl (C=O) groups is 1. The van der Waals surface area contributed by atoms with Gasteiger partial charge in [-0.1, -0.05) is 6.07 Å². The third-order valence-corrected chi connectivity index (χ3v) is 3.10. The number of rotatable bonds is 2. The summed E-state index contributed by atoms with van der Waals surface area (Å²) in [5, 5.41) is 0. The Balaban J connectivity index is 2.06. The molecule has 2 unspecified atom stereocenters. The first-order chi connectivity index (χ1) is 8.97. The number of hydrogen-bond donors (Lipinski definition) is 0. The van der Waals surface area contributed by atoms with Crippen LogP contribution in [0.5, 0.6) is 0 Å². The Bertz CT molecular complexity index is 466. The van der Waals surface area contributed by atoms with Crippen LogP contribution in [0.15, 0.2) is 18.2 Å². The molecule has 0 spiro atoms. The Morgan fingerprint density at radius 1 is 1.26 bits per heavy atom. The second-order valence-electron chi connectivity index (χ2n) is 4.86. The number of benzene rings is 1. The Hall–Kier alpha value is -1.49. The summed E-state index contributed by atoms with van der Waals surface area (Å²) in [5.74, 6) is -3.05. The van der Waals surface area contributed by atoms with Gasteiger partial charge in [-0.3, -0.25) is 0 Å². The van der Waals surface area contributed by atoms with Gasteiger partial charge in [0.2, 0.25) is 0 Å². The molecule has 19 heavy (non-hydrogen) atoms. The van der Waals surface area contributed by atoms with E-state index in [1.165, 1.54) is 12.1 Å². The van der Waals surface area contributed by atoms with E-state index in [1.807, 2.05) is 13.8 Å². The summed E-state index contributed by atoms with van der Waals surface area (Å²) in [4.78, 5) is 11.8. The van der Waals surface area contributed by atoms with Crippen LogP contribution < -0.4 is 0 Å². The molecule has 104 valence electrons. The smallest absolute Gasteiger partial charge is 0.341 e. The molecule has 0 bridgehead atoms. The van der Waals surface area contributed by atoms with E-state index in [0.29, 0.717) is 12.8 Å². The quantitative estimate of drug-likeness (QED) is 0.775. The van der Waals surface area contributed by atoms with Crippen LogP contribution in [0.2, 0.25) is 0 Å². The van der Waals surface area contributed by atoms with Crippen LogP contribution in [-0.2, 0) is 9.47 Å². The van der Waals surface area contributed by atoms with Crippen LogP contribution >= 0.6 is 0 Å². The zero-order chi connectivity index (χ0) is 14.0. The van der Waals surface area contributed by atoms with E-state index in [4.69, 9.17) is 9.47 Å². The first-order valence-electron chi connectivity index (χ1n) is 6.28. The summed E-state index contributed by atoms with van der Waals surface area (Å²) >= 11 is 0. The molecule has 1 saturated heterocycles. The van der Waals surface area contributed by atoms with Gasteiger partial charge in [-0.2, -0.15) is 0 Å². The molecule has 2 atom stereocenters. The van der Waals surface area contributed by atoms with E-state index in [1.54, 1.807) is 0 Å². The largest absolute Gasteiger partial charge is 0.458 e. The molecular formula is C14H16F2O3. The fraction of sp³-hybridized carbons (Fsp3) is 0.500. The SMILES string of the molecule is CC1CC(OC(=O)c2cccc(F)c2F)CC(C)O1. The van der Waals surface area contributed by atoms with Crippen molar-refractivity contribution in [3.63, 3.8) is 0 Å². The summed E-state index contributed by atoms with van der Waals surface area (Å²) < 4.78 is 37.2. The van der Waals surface area contributed by atoms with Gasteiger partial charge in [0.25, 0.3) is 0 Å². The predicted octanol–water partition coefficient (Wildman–Crippen LogP) is 3.08. The van der Waals surface area contributed by atoms with Gasteiger partial charge in [0, 0.05) is 12.8 Å². The summed E-state index contributed by atoms with van der Waals surface area (Å²) in [6.45, 7) is 3.78. The fourth-order valence-electron chi connectivity index (χ4n) is 2.32. The highest BCUT2D eigenvalue weighted by molar-refractivity contribution is 5.89. The van der Waals surface area contributed by atoms with E-state index in [2.05, 4.69) is 0 Å². The van der Waals surface area contributed by atoms with Gasteiger partial charge in [0.15, 0.2) is 11.6 Å². The second kappa shape index (κ2) is 5.65. The standard InChI is InChI=1S/C14H16F2O3/c1-8-6-10(7-9(2)18-8)19-14(17)11-4-3-5-12(15)13(11)16/h3-5,8-10H,6-7H2,1-2H3. The van der Waals surface area contributed by atoms with E-state index in [9.17, 15) is 13.6 Å². The summed E-state index contributed by atoms with van der Waals surface area (Å²) in [6, 6.07) is 3.46. The molecule has 0 saturated carbocycles. The molecule has 0 N–H and O–H groups in total. The predicted molar refractivity (Wildman–Crippen MR) is 64.8 cm³/mol. The highest BCUT2D eigenvalue weighted by Gasteiger charge is 2.28. The topological polar surface area (TPSA) is 35.5 Å². The Labute approximate surface area is 110 Å². The molecule has 1 aliphatic heterocycles. The minimum absolute atomic E-state index is 0.0149. The molecule has 1 aliphatic rings. The molecule has 1 aromatic rings. The summed E-state index contributed by atoms with van der Waals surface area (Å²) in [7, 11) is 0. The molecule has 0 radical (unpaired) electrons. The van der Waals surface area contributed by atoms with Crippen LogP contribution in [0.1, 0.15) is 37.0 Å². The molecule has 5 heteroatoms. The molecule has 2 rings (SSSR count). The van der Waals surface area contributed by atoms with Crippen LogP contribution in [0.3, 0.4) is 0 Å². The molecule has 1 aromatic carbocycles. The van der Waals surface area contributed by atoms with Crippen LogP contribution in [-0.4, -0.2) is 24.3 Å². The van der Waals surface area contributed by atoms with Crippen molar-refractivity contribution in [1.29, 1.82) is 0 Å². The molecule has 0 aromatic heterocycles. The number of ether oxygens (including phenoxy) is 2. The van der Waals surface area contributed by atoms with Crippen molar-refractivity contribution in [3.05, 3.63) is 35.4 Å². The number of hydrogen-bond acceptors (Lipinski definition) is 3. The molecule has 0 aliphatic carbocycles. The minimum atomic E-state index is -1.17. The van der Waals surface area contributed by atoms with Crippen molar-refractivity contribution in [2.24, 2.45) is 0 Å². The zero-order valence-electron chi connectivity index (χ0n) is 10.9. The van der Waals surface area contributed by atoms with Gasteiger partial charge in [-0.05, 0) is 26.0 Å². The Morgan fingerprint density at radius 3 is 2.53 bits per heavy atom. The normalized spacial score (nSPS) is 27.1. The Morgan fingerprint density at radius 2 is 1.89 bits per heavy atom. The second-order valence-corrected chi connectivity index (χ2v) is 4.86. The lowest BCUT2D eigenvalue weighted by Gasteiger charge is -2.31. The van der Waals surface area contributed by atoms with Crippen molar-refractivity contribution >= 4 is 5.97 Å². The van der Waals surface area contributed by atoms with E-state index in [-0.39, 0.29) is 23.9 Å². The minimum Gasteiger partial charge on any atom is -0.458 e. The van der Waals surface area contributed by atoms with Gasteiger partial charge in [0.05, 0.1) is 17.8 Å². The van der Waals surface area contributed by atoms with E-state index < -0.39 is 17.6 Å². The highest BCUT2D eigenvalue weighted by Crippen LogP contribution is 2.23. The highest BCUT2D eigenvalue weighted by atomic mass is 19.2. The van der Waals surface area contributed by atoms with Gasteiger partial charge in [0.1, 0.15) is 6.10 Å². The third-order valence-electron chi connectivity index (χ3n) is 3.10. The lowest BCUT2D eigenvalue weighted by Crippen LogP contribution is -2.35. The molecular weight excluding hydrogens is 254 g/mol. The fourth-order valence-corrected chi connectivity index (χ4v) is 2.32. The first kappa shape index (κ1) is 13.9. The summed E-state index contributed by atoms with van der Waals surface area (Å²) in [5.41, 5.74) is -0.369. The summed E-state index contributed by atoms with van der Waals surface area (Å²) in [6.07, 6.45) is 0.770. The van der Waals surface area contributed by atoms with E-state index in [0.717, 1.165) is 6.07 Å². The molecule has 0 amide bonds. The number of carbonyl (C=O) groups excluding carboxylic acids is 1. The van der Waals surface area contributed by atoms with Gasteiger partial charge in [-0.15, -0.1) is 0 Å². The molecule has 3 nitrogen and oxygen atoms in total. The van der Waals surface area contributed by atoms with Crippen molar-refractivity contribution in [2.45, 2.75) is 45.0 Å². The maximum Gasteiger partial charge on any atom is 0.341 e. The van der Waals surface area contributed by atoms with Crippen molar-refractivity contribution in [1.82, 2.24) is 0 Å². The van der Waals surface area contributed by atoms with Crippen LogP contribution in [0.4, 0.5) is 8.78 Å². The monoisotopic (exact) mass is 270 g/mol. The third kappa shape index (κ3) is 3.29. The average molecular weight is 270 g/mol. The zero-order valence-corrected chi connectivity index (χ0v) is 10.9.